The van der Waals surface area contributed by atoms with E-state index in [2.05, 4.69) is 9.57 Å². The third kappa shape index (κ3) is 4.10. The lowest BCUT2D eigenvalue weighted by molar-refractivity contribution is -0.137. The molecule has 0 atom stereocenters. The van der Waals surface area contributed by atoms with Crippen LogP contribution in [0.1, 0.15) is 15.9 Å². The molecule has 0 bridgehead atoms. The van der Waals surface area contributed by atoms with E-state index in [0.29, 0.717) is 0 Å². The van der Waals surface area contributed by atoms with Gasteiger partial charge in [0.2, 0.25) is 0 Å². The topological polar surface area (TPSA) is 48.0 Å². The minimum absolute atomic E-state index is 0.116. The summed E-state index contributed by atoms with van der Waals surface area (Å²) >= 11 is 0. The molecule has 1 rings (SSSR count). The second kappa shape index (κ2) is 6.58. The molecular weight excluding hydrogens is 279 g/mol. The number of hydroxylamine groups is 2. The van der Waals surface area contributed by atoms with Gasteiger partial charge >= 0.3 is 6.18 Å². The Kier molecular flexibility index (Phi) is 5.34. The van der Waals surface area contributed by atoms with E-state index < -0.39 is 17.6 Å². The molecule has 1 aromatic carbocycles. The summed E-state index contributed by atoms with van der Waals surface area (Å²) in [6, 6.07) is 2.71. The summed E-state index contributed by atoms with van der Waals surface area (Å²) in [6.45, 7) is -0.227. The van der Waals surface area contributed by atoms with Crippen molar-refractivity contribution in [1.82, 2.24) is 5.06 Å². The van der Waals surface area contributed by atoms with E-state index in [1.54, 1.807) is 0 Å². The van der Waals surface area contributed by atoms with Gasteiger partial charge in [-0.3, -0.25) is 9.63 Å². The molecule has 0 fully saturated rings. The van der Waals surface area contributed by atoms with Crippen LogP contribution < -0.4 is 4.74 Å². The molecule has 0 heterocycles. The van der Waals surface area contributed by atoms with Crippen molar-refractivity contribution < 1.29 is 32.3 Å². The molecule has 8 heteroatoms. The highest BCUT2D eigenvalue weighted by Crippen LogP contribution is 2.33. The third-order valence-electron chi connectivity index (χ3n) is 2.38. The lowest BCUT2D eigenvalue weighted by atomic mass is 10.1. The van der Waals surface area contributed by atoms with Gasteiger partial charge in [0.1, 0.15) is 5.75 Å². The highest BCUT2D eigenvalue weighted by molar-refractivity contribution is 5.94. The van der Waals surface area contributed by atoms with Crippen molar-refractivity contribution in [2.75, 3.05) is 28.1 Å². The summed E-state index contributed by atoms with van der Waals surface area (Å²) in [7, 11) is 3.85. The first-order chi connectivity index (χ1) is 9.29. The van der Waals surface area contributed by atoms with Gasteiger partial charge in [0.05, 0.1) is 12.7 Å². The number of hydrogen-bond acceptors (Lipinski definition) is 4. The van der Waals surface area contributed by atoms with Crippen LogP contribution in [0.15, 0.2) is 18.2 Å². The number of carbonyl (C=O) groups is 1. The van der Waals surface area contributed by atoms with Crippen LogP contribution in [-0.4, -0.2) is 39.0 Å². The quantitative estimate of drug-likeness (QED) is 0.617. The highest BCUT2D eigenvalue weighted by atomic mass is 19.4. The predicted molar refractivity (Wildman–Crippen MR) is 63.1 cm³/mol. The van der Waals surface area contributed by atoms with Crippen LogP contribution in [-0.2, 0) is 15.8 Å². The summed E-state index contributed by atoms with van der Waals surface area (Å²) in [5, 5.41) is 0.815. The number of benzene rings is 1. The van der Waals surface area contributed by atoms with Crippen molar-refractivity contribution in [2.24, 2.45) is 0 Å². The van der Waals surface area contributed by atoms with Crippen molar-refractivity contribution in [1.29, 1.82) is 0 Å². The molecule has 0 radical (unpaired) electrons. The van der Waals surface area contributed by atoms with Crippen molar-refractivity contribution in [3.05, 3.63) is 29.3 Å². The van der Waals surface area contributed by atoms with Gasteiger partial charge in [-0.05, 0) is 18.2 Å². The number of carbonyl (C=O) groups excluding carboxylic acids is 1. The summed E-state index contributed by atoms with van der Waals surface area (Å²) in [4.78, 5) is 16.5. The fourth-order valence-electron chi connectivity index (χ4n) is 1.36. The Balaban J connectivity index is 3.19. The van der Waals surface area contributed by atoms with E-state index in [1.165, 1.54) is 27.3 Å². The first kappa shape index (κ1) is 16.3. The molecule has 112 valence electrons. The fourth-order valence-corrected chi connectivity index (χ4v) is 1.36. The Labute approximate surface area is 113 Å². The van der Waals surface area contributed by atoms with Gasteiger partial charge in [-0.1, -0.05) is 0 Å². The molecule has 0 aliphatic rings. The van der Waals surface area contributed by atoms with Crippen molar-refractivity contribution in [3.63, 3.8) is 0 Å². The number of ether oxygens (including phenoxy) is 2. The minimum Gasteiger partial charge on any atom is -0.468 e. The van der Waals surface area contributed by atoms with E-state index in [0.717, 1.165) is 17.2 Å². The van der Waals surface area contributed by atoms with Gasteiger partial charge in [-0.2, -0.15) is 13.2 Å². The van der Waals surface area contributed by atoms with Crippen molar-refractivity contribution in [2.45, 2.75) is 6.18 Å². The fraction of sp³-hybridized carbons (Fsp3) is 0.417. The first-order valence-corrected chi connectivity index (χ1v) is 5.45. The monoisotopic (exact) mass is 293 g/mol. The Morgan fingerprint density at radius 3 is 2.40 bits per heavy atom. The third-order valence-corrected chi connectivity index (χ3v) is 2.38. The summed E-state index contributed by atoms with van der Waals surface area (Å²) < 4.78 is 47.9. The summed E-state index contributed by atoms with van der Waals surface area (Å²) in [5.74, 6) is -0.838. The van der Waals surface area contributed by atoms with Gasteiger partial charge in [-0.25, -0.2) is 5.06 Å². The number of rotatable bonds is 5. The van der Waals surface area contributed by atoms with E-state index in [9.17, 15) is 18.0 Å². The predicted octanol–water partition coefficient (Wildman–Crippen LogP) is 2.32. The normalized spacial score (nSPS) is 11.3. The zero-order chi connectivity index (χ0) is 15.3. The van der Waals surface area contributed by atoms with Gasteiger partial charge < -0.3 is 9.47 Å². The SMILES string of the molecule is COCOc1cc(C(=O)N(C)OC)cc(C(F)(F)F)c1. The molecule has 5 nitrogen and oxygen atoms in total. The van der Waals surface area contributed by atoms with Crippen LogP contribution in [0.5, 0.6) is 5.75 Å². The maximum atomic E-state index is 12.8. The zero-order valence-corrected chi connectivity index (χ0v) is 11.2. The zero-order valence-electron chi connectivity index (χ0n) is 11.2. The lowest BCUT2D eigenvalue weighted by Gasteiger charge is -2.16. The van der Waals surface area contributed by atoms with E-state index in [4.69, 9.17) is 4.74 Å². The number of alkyl halides is 3. The Morgan fingerprint density at radius 2 is 1.90 bits per heavy atom. The molecular formula is C12H14F3NO4. The molecule has 0 N–H and O–H groups in total. The molecule has 0 aliphatic carbocycles. The Hall–Kier alpha value is -1.80. The van der Waals surface area contributed by atoms with Gasteiger partial charge in [0.25, 0.3) is 5.91 Å². The van der Waals surface area contributed by atoms with Gasteiger partial charge in [0.15, 0.2) is 6.79 Å². The first-order valence-electron chi connectivity index (χ1n) is 5.45. The van der Waals surface area contributed by atoms with Crippen molar-refractivity contribution >= 4 is 5.91 Å². The molecule has 20 heavy (non-hydrogen) atoms. The van der Waals surface area contributed by atoms with Crippen LogP contribution in [0, 0.1) is 0 Å². The summed E-state index contributed by atoms with van der Waals surface area (Å²) in [6.07, 6.45) is -4.59. The standard InChI is InChI=1S/C12H14F3NO4/c1-16(19-3)11(17)8-4-9(12(13,14)15)6-10(5-8)20-7-18-2/h4-6H,7H2,1-3H3. The van der Waals surface area contributed by atoms with E-state index in [-0.39, 0.29) is 18.1 Å². The molecule has 0 aromatic heterocycles. The molecule has 0 saturated heterocycles. The number of amides is 1. The Morgan fingerprint density at radius 1 is 1.25 bits per heavy atom. The minimum atomic E-state index is -4.59. The van der Waals surface area contributed by atoms with Gasteiger partial charge in [0, 0.05) is 19.7 Å². The number of nitrogens with zero attached hydrogens (tertiary/aromatic N) is 1. The Bertz CT molecular complexity index is 476. The average Bonchev–Trinajstić information content (AvgIpc) is 2.42. The van der Waals surface area contributed by atoms with Crippen LogP contribution in [0.4, 0.5) is 13.2 Å². The van der Waals surface area contributed by atoms with Crippen molar-refractivity contribution in [3.8, 4) is 5.75 Å². The highest BCUT2D eigenvalue weighted by Gasteiger charge is 2.32. The smallest absolute Gasteiger partial charge is 0.416 e. The molecule has 1 aromatic rings. The molecule has 0 spiro atoms. The number of halogens is 3. The lowest BCUT2D eigenvalue weighted by Crippen LogP contribution is -2.25. The van der Waals surface area contributed by atoms with Crippen LogP contribution in [0.3, 0.4) is 0 Å². The second-order valence-corrected chi connectivity index (χ2v) is 3.78. The maximum Gasteiger partial charge on any atom is 0.416 e. The maximum absolute atomic E-state index is 12.8. The average molecular weight is 293 g/mol. The van der Waals surface area contributed by atoms with E-state index >= 15 is 0 Å². The number of hydrogen-bond donors (Lipinski definition) is 0. The second-order valence-electron chi connectivity index (χ2n) is 3.78. The molecule has 0 aliphatic heterocycles. The molecule has 0 unspecified atom stereocenters. The molecule has 0 saturated carbocycles. The van der Waals surface area contributed by atoms with Crippen LogP contribution in [0.2, 0.25) is 0 Å². The summed E-state index contributed by atoms with van der Waals surface area (Å²) in [5.41, 5.74) is -1.19. The van der Waals surface area contributed by atoms with Crippen LogP contribution in [0.25, 0.3) is 0 Å². The van der Waals surface area contributed by atoms with Gasteiger partial charge in [-0.15, -0.1) is 0 Å². The molecule has 1 amide bonds. The largest absolute Gasteiger partial charge is 0.468 e. The van der Waals surface area contributed by atoms with Crippen LogP contribution >= 0.6 is 0 Å². The number of methoxy groups -OCH3 is 1. The van der Waals surface area contributed by atoms with E-state index in [1.807, 2.05) is 0 Å².